The van der Waals surface area contributed by atoms with E-state index in [2.05, 4.69) is 0 Å². The van der Waals surface area contributed by atoms with E-state index >= 15 is 0 Å². The van der Waals surface area contributed by atoms with Crippen molar-refractivity contribution >= 4 is 15.7 Å². The Bertz CT molecular complexity index is 581. The highest BCUT2D eigenvalue weighted by Crippen LogP contribution is 2.31. The maximum atomic E-state index is 12.0. The molecule has 1 aromatic rings. The lowest BCUT2D eigenvalue weighted by Crippen LogP contribution is -2.33. The molecule has 0 heterocycles. The monoisotopic (exact) mass is 284 g/mol. The van der Waals surface area contributed by atoms with Gasteiger partial charge in [0.25, 0.3) is 5.69 Å². The Morgan fingerprint density at radius 2 is 2.11 bits per heavy atom. The SMILES string of the molecule is CCS(=O)(=O)N(Cc1cccc([N+](=O)[O-])c1)C1CC1. The summed E-state index contributed by atoms with van der Waals surface area (Å²) in [6, 6.07) is 6.19. The largest absolute Gasteiger partial charge is 0.269 e. The van der Waals surface area contributed by atoms with Crippen LogP contribution in [0.2, 0.25) is 0 Å². The van der Waals surface area contributed by atoms with E-state index in [0.29, 0.717) is 5.56 Å². The zero-order valence-corrected chi connectivity index (χ0v) is 11.5. The Balaban J connectivity index is 2.22. The van der Waals surface area contributed by atoms with Crippen molar-refractivity contribution in [3.63, 3.8) is 0 Å². The normalized spacial score (nSPS) is 15.7. The molecule has 0 unspecified atom stereocenters. The zero-order chi connectivity index (χ0) is 14.0. The van der Waals surface area contributed by atoms with Crippen LogP contribution in [-0.2, 0) is 16.6 Å². The number of sulfonamides is 1. The number of hydrogen-bond acceptors (Lipinski definition) is 4. The summed E-state index contributed by atoms with van der Waals surface area (Å²) in [6.07, 6.45) is 1.74. The molecule has 1 aromatic carbocycles. The van der Waals surface area contributed by atoms with Crippen molar-refractivity contribution in [1.29, 1.82) is 0 Å². The molecule has 0 N–H and O–H groups in total. The molecule has 104 valence electrons. The van der Waals surface area contributed by atoms with Crippen LogP contribution in [0.15, 0.2) is 24.3 Å². The Kier molecular flexibility index (Phi) is 3.86. The van der Waals surface area contributed by atoms with Gasteiger partial charge in [-0.3, -0.25) is 10.1 Å². The van der Waals surface area contributed by atoms with Crippen LogP contribution in [0.4, 0.5) is 5.69 Å². The maximum absolute atomic E-state index is 12.0. The van der Waals surface area contributed by atoms with Gasteiger partial charge in [-0.25, -0.2) is 8.42 Å². The standard InChI is InChI=1S/C12H16N2O4S/c1-2-19(17,18)13(11-6-7-11)9-10-4-3-5-12(8-10)14(15)16/h3-5,8,11H,2,6-7,9H2,1H3. The van der Waals surface area contributed by atoms with E-state index in [1.807, 2.05) is 0 Å². The number of hydrogen-bond donors (Lipinski definition) is 0. The minimum Gasteiger partial charge on any atom is -0.258 e. The summed E-state index contributed by atoms with van der Waals surface area (Å²) in [4.78, 5) is 10.2. The summed E-state index contributed by atoms with van der Waals surface area (Å²) >= 11 is 0. The van der Waals surface area contributed by atoms with E-state index in [-0.39, 0.29) is 24.0 Å². The molecule has 0 saturated heterocycles. The van der Waals surface area contributed by atoms with Crippen LogP contribution >= 0.6 is 0 Å². The molecule has 1 fully saturated rings. The highest BCUT2D eigenvalue weighted by Gasteiger charge is 2.36. The van der Waals surface area contributed by atoms with Crippen LogP contribution in [0.1, 0.15) is 25.3 Å². The van der Waals surface area contributed by atoms with Gasteiger partial charge in [0.2, 0.25) is 10.0 Å². The average molecular weight is 284 g/mol. The Hall–Kier alpha value is -1.47. The summed E-state index contributed by atoms with van der Waals surface area (Å²) in [5, 5.41) is 10.7. The summed E-state index contributed by atoms with van der Waals surface area (Å²) < 4.78 is 25.5. The van der Waals surface area contributed by atoms with Crippen molar-refractivity contribution in [3.05, 3.63) is 39.9 Å². The van der Waals surface area contributed by atoms with Crippen LogP contribution in [0, 0.1) is 10.1 Å². The fourth-order valence-corrected chi connectivity index (χ4v) is 3.27. The predicted molar refractivity (Wildman–Crippen MR) is 71.1 cm³/mol. The zero-order valence-electron chi connectivity index (χ0n) is 10.7. The quantitative estimate of drug-likeness (QED) is 0.590. The first-order valence-electron chi connectivity index (χ1n) is 6.17. The molecular formula is C12H16N2O4S. The van der Waals surface area contributed by atoms with Crippen molar-refractivity contribution in [2.24, 2.45) is 0 Å². The summed E-state index contributed by atoms with van der Waals surface area (Å²) in [5.41, 5.74) is 0.639. The number of nitro groups is 1. The fourth-order valence-electron chi connectivity index (χ4n) is 1.93. The van der Waals surface area contributed by atoms with E-state index < -0.39 is 14.9 Å². The molecule has 1 saturated carbocycles. The molecule has 19 heavy (non-hydrogen) atoms. The topological polar surface area (TPSA) is 80.5 Å². The van der Waals surface area contributed by atoms with Gasteiger partial charge >= 0.3 is 0 Å². The molecule has 6 nitrogen and oxygen atoms in total. The third-order valence-electron chi connectivity index (χ3n) is 3.14. The second kappa shape index (κ2) is 5.26. The molecule has 0 atom stereocenters. The lowest BCUT2D eigenvalue weighted by Gasteiger charge is -2.20. The van der Waals surface area contributed by atoms with Gasteiger partial charge in [0.05, 0.1) is 10.7 Å². The van der Waals surface area contributed by atoms with Gasteiger partial charge < -0.3 is 0 Å². The number of rotatable bonds is 6. The number of nitro benzene ring substituents is 1. The van der Waals surface area contributed by atoms with Gasteiger partial charge in [-0.2, -0.15) is 4.31 Å². The van der Waals surface area contributed by atoms with Gasteiger partial charge in [0, 0.05) is 24.7 Å². The first-order chi connectivity index (χ1) is 8.94. The second-order valence-corrected chi connectivity index (χ2v) is 6.81. The molecule has 0 bridgehead atoms. The molecule has 0 spiro atoms. The van der Waals surface area contributed by atoms with E-state index in [1.165, 1.54) is 16.4 Å². The van der Waals surface area contributed by atoms with E-state index in [4.69, 9.17) is 0 Å². The lowest BCUT2D eigenvalue weighted by atomic mass is 10.2. The molecule has 0 aromatic heterocycles. The summed E-state index contributed by atoms with van der Waals surface area (Å²) in [5.74, 6) is 0.0540. The fraction of sp³-hybridized carbons (Fsp3) is 0.500. The molecule has 0 radical (unpaired) electrons. The lowest BCUT2D eigenvalue weighted by molar-refractivity contribution is -0.384. The number of nitrogens with zero attached hydrogens (tertiary/aromatic N) is 2. The Morgan fingerprint density at radius 3 is 2.63 bits per heavy atom. The van der Waals surface area contributed by atoms with E-state index in [1.54, 1.807) is 19.1 Å². The molecule has 1 aliphatic rings. The predicted octanol–water partition coefficient (Wildman–Crippen LogP) is 1.91. The van der Waals surface area contributed by atoms with Crippen LogP contribution < -0.4 is 0 Å². The highest BCUT2D eigenvalue weighted by molar-refractivity contribution is 7.89. The minimum atomic E-state index is -3.26. The van der Waals surface area contributed by atoms with Crippen LogP contribution in [0.25, 0.3) is 0 Å². The smallest absolute Gasteiger partial charge is 0.258 e. The van der Waals surface area contributed by atoms with Crippen molar-refractivity contribution in [2.75, 3.05) is 5.75 Å². The van der Waals surface area contributed by atoms with Crippen molar-refractivity contribution in [1.82, 2.24) is 4.31 Å². The van der Waals surface area contributed by atoms with E-state index in [9.17, 15) is 18.5 Å². The molecule has 2 rings (SSSR count). The van der Waals surface area contributed by atoms with Gasteiger partial charge in [-0.15, -0.1) is 0 Å². The molecule has 1 aliphatic carbocycles. The van der Waals surface area contributed by atoms with Gasteiger partial charge in [-0.05, 0) is 25.3 Å². The van der Waals surface area contributed by atoms with Crippen LogP contribution in [0.3, 0.4) is 0 Å². The number of benzene rings is 1. The van der Waals surface area contributed by atoms with Crippen molar-refractivity contribution < 1.29 is 13.3 Å². The Labute approximate surface area is 112 Å². The summed E-state index contributed by atoms with van der Waals surface area (Å²) in [7, 11) is -3.26. The first-order valence-corrected chi connectivity index (χ1v) is 7.78. The molecule has 0 aliphatic heterocycles. The summed E-state index contributed by atoms with van der Waals surface area (Å²) in [6.45, 7) is 1.82. The van der Waals surface area contributed by atoms with Crippen molar-refractivity contribution in [3.8, 4) is 0 Å². The minimum absolute atomic E-state index is 0.0119. The molecule has 7 heteroatoms. The third-order valence-corrected chi connectivity index (χ3v) is 5.01. The first kappa shape index (κ1) is 14.0. The molecular weight excluding hydrogens is 268 g/mol. The highest BCUT2D eigenvalue weighted by atomic mass is 32.2. The van der Waals surface area contributed by atoms with Gasteiger partial charge in [0.15, 0.2) is 0 Å². The van der Waals surface area contributed by atoms with E-state index in [0.717, 1.165) is 12.8 Å². The maximum Gasteiger partial charge on any atom is 0.269 e. The second-order valence-electron chi connectivity index (χ2n) is 4.60. The van der Waals surface area contributed by atoms with Crippen LogP contribution in [0.5, 0.6) is 0 Å². The van der Waals surface area contributed by atoms with Gasteiger partial charge in [0.1, 0.15) is 0 Å². The number of non-ortho nitro benzene ring substituents is 1. The van der Waals surface area contributed by atoms with Gasteiger partial charge in [-0.1, -0.05) is 12.1 Å². The Morgan fingerprint density at radius 1 is 1.42 bits per heavy atom. The van der Waals surface area contributed by atoms with Crippen LogP contribution in [-0.4, -0.2) is 29.4 Å². The average Bonchev–Trinajstić information content (AvgIpc) is 3.20. The molecule has 0 amide bonds. The van der Waals surface area contributed by atoms with Crippen molar-refractivity contribution in [2.45, 2.75) is 32.4 Å². The third kappa shape index (κ3) is 3.30.